The summed E-state index contributed by atoms with van der Waals surface area (Å²) < 4.78 is 11.4. The Bertz CT molecular complexity index is 757. The van der Waals surface area contributed by atoms with Crippen LogP contribution in [-0.2, 0) is 14.2 Å². The highest BCUT2D eigenvalue weighted by Crippen LogP contribution is 2.46. The molecule has 1 saturated heterocycles. The molecule has 2 aliphatic heterocycles. The second-order valence-corrected chi connectivity index (χ2v) is 7.67. The molecule has 3 rings (SSSR count). The predicted molar refractivity (Wildman–Crippen MR) is 90.1 cm³/mol. The molecule has 0 aliphatic carbocycles. The van der Waals surface area contributed by atoms with Crippen LogP contribution >= 0.6 is 19.8 Å². The lowest BCUT2D eigenvalue weighted by Crippen LogP contribution is -2.70. The number of hydrogen-bond donors (Lipinski definition) is 3. The van der Waals surface area contributed by atoms with Crippen LogP contribution in [0, 0.1) is 0 Å². The fourth-order valence-corrected chi connectivity index (χ4v) is 5.13. The van der Waals surface area contributed by atoms with Gasteiger partial charge in [0.25, 0.3) is 11.3 Å². The van der Waals surface area contributed by atoms with Crippen molar-refractivity contribution in [2.75, 3.05) is 12.4 Å². The maximum Gasteiger partial charge on any atom is 0.367 e. The zero-order chi connectivity index (χ0) is 18.1. The van der Waals surface area contributed by atoms with Crippen molar-refractivity contribution in [1.29, 1.82) is 0 Å². The lowest BCUT2D eigenvalue weighted by Gasteiger charge is -2.47. The molecule has 1 fully saturated rings. The van der Waals surface area contributed by atoms with Crippen molar-refractivity contribution in [2.24, 2.45) is 5.73 Å². The Balaban J connectivity index is 1.73. The summed E-state index contributed by atoms with van der Waals surface area (Å²) >= 11 is 1.29. The number of benzene rings is 1. The molecule has 1 aromatic carbocycles. The van der Waals surface area contributed by atoms with Gasteiger partial charge in [-0.15, -0.1) is 11.8 Å². The van der Waals surface area contributed by atoms with E-state index in [4.69, 9.17) is 5.73 Å². The molecule has 2 amide bonds. The smallest absolute Gasteiger partial charge is 0.367 e. The van der Waals surface area contributed by atoms with Crippen molar-refractivity contribution in [1.82, 2.24) is 10.2 Å². The van der Waals surface area contributed by atoms with Gasteiger partial charge >= 0.3 is 8.03 Å². The minimum atomic E-state index is -3.02. The van der Waals surface area contributed by atoms with E-state index in [0.29, 0.717) is 5.56 Å². The number of nitrogens with zero attached hydrogens (tertiary/aromatic N) is 1. The number of aliphatic hydroxyl groups is 1. The quantitative estimate of drug-likeness (QED) is 0.457. The molecular formula is C15H16N3O5PS. The van der Waals surface area contributed by atoms with E-state index in [0.717, 1.165) is 4.90 Å². The molecular weight excluding hydrogens is 365 g/mol. The standard InChI is InChI=1S/C15H16N3O5PS/c16-10(8-4-2-1-3-5-8)12(20)17-11-13(21)18-14(24(22)23)9(6-19)7-25-15(11)18/h1-5,10-11,15,19H,6-7,16H2,(H,17,20)/t10?,11-,15+/m1/s1. The van der Waals surface area contributed by atoms with Gasteiger partial charge in [-0.05, 0) is 5.56 Å². The van der Waals surface area contributed by atoms with Crippen LogP contribution in [0.15, 0.2) is 41.3 Å². The van der Waals surface area contributed by atoms with Crippen LogP contribution in [0.5, 0.6) is 0 Å². The van der Waals surface area contributed by atoms with Crippen LogP contribution in [0.4, 0.5) is 0 Å². The van der Waals surface area contributed by atoms with E-state index in [9.17, 15) is 24.2 Å². The molecule has 4 N–H and O–H groups in total. The third kappa shape index (κ3) is 3.21. The number of thioether (sulfide) groups is 1. The Morgan fingerprint density at radius 2 is 2.16 bits per heavy atom. The summed E-state index contributed by atoms with van der Waals surface area (Å²) in [6.07, 6.45) is 0. The molecule has 1 aromatic rings. The average Bonchev–Trinajstić information content (AvgIpc) is 2.64. The summed E-state index contributed by atoms with van der Waals surface area (Å²) in [7, 11) is -3.02. The van der Waals surface area contributed by atoms with Crippen LogP contribution in [0.3, 0.4) is 0 Å². The first-order chi connectivity index (χ1) is 12.0. The van der Waals surface area contributed by atoms with Crippen LogP contribution in [0.25, 0.3) is 0 Å². The summed E-state index contributed by atoms with van der Waals surface area (Å²) in [5, 5.41) is 11.4. The molecule has 0 saturated carbocycles. The van der Waals surface area contributed by atoms with Gasteiger partial charge in [0.05, 0.1) is 6.61 Å². The average molecular weight is 381 g/mol. The van der Waals surface area contributed by atoms with Crippen LogP contribution < -0.4 is 15.9 Å². The van der Waals surface area contributed by atoms with Gasteiger partial charge < -0.3 is 21.1 Å². The number of carbonyl (C=O) groups excluding carboxylic acids is 2. The lowest BCUT2D eigenvalue weighted by atomic mass is 10.0. The van der Waals surface area contributed by atoms with Gasteiger partial charge in [0.1, 0.15) is 17.5 Å². The fourth-order valence-electron chi connectivity index (χ4n) is 2.80. The SMILES string of the molecule is NC(C(=O)N[C@@H]1C(=O)N2C([P+](=O)[O-])=C(CO)CS[C@@H]12)c1ccccc1. The first kappa shape index (κ1) is 18.0. The van der Waals surface area contributed by atoms with Gasteiger partial charge in [-0.3, -0.25) is 14.5 Å². The van der Waals surface area contributed by atoms with Crippen molar-refractivity contribution >= 4 is 31.6 Å². The minimum absolute atomic E-state index is 0.163. The maximum absolute atomic E-state index is 12.3. The van der Waals surface area contributed by atoms with Gasteiger partial charge in [-0.2, -0.15) is 0 Å². The molecule has 2 aliphatic rings. The molecule has 0 radical (unpaired) electrons. The van der Waals surface area contributed by atoms with Gasteiger partial charge in [-0.1, -0.05) is 34.9 Å². The molecule has 0 bridgehead atoms. The zero-order valence-electron chi connectivity index (χ0n) is 13.0. The summed E-state index contributed by atoms with van der Waals surface area (Å²) in [6.45, 7) is -0.432. The topological polar surface area (TPSA) is 136 Å². The number of amides is 2. The fraction of sp³-hybridized carbons (Fsp3) is 0.333. The number of rotatable bonds is 5. The predicted octanol–water partition coefficient (Wildman–Crippen LogP) is -0.607. The highest BCUT2D eigenvalue weighted by Gasteiger charge is 2.56. The van der Waals surface area contributed by atoms with E-state index in [1.807, 2.05) is 0 Å². The van der Waals surface area contributed by atoms with Crippen LogP contribution in [0.2, 0.25) is 0 Å². The van der Waals surface area contributed by atoms with Crippen molar-refractivity contribution in [3.8, 4) is 0 Å². The zero-order valence-corrected chi connectivity index (χ0v) is 14.7. The number of aliphatic hydroxyl groups excluding tert-OH is 1. The molecule has 0 aromatic heterocycles. The van der Waals surface area contributed by atoms with E-state index in [1.54, 1.807) is 30.3 Å². The first-order valence-corrected chi connectivity index (χ1v) is 9.71. The van der Waals surface area contributed by atoms with Gasteiger partial charge in [0.2, 0.25) is 5.91 Å². The second kappa shape index (κ2) is 7.23. The monoisotopic (exact) mass is 381 g/mol. The third-order valence-corrected chi connectivity index (χ3v) is 6.34. The highest BCUT2D eigenvalue weighted by molar-refractivity contribution is 8.00. The third-order valence-electron chi connectivity index (χ3n) is 4.12. The molecule has 25 heavy (non-hydrogen) atoms. The summed E-state index contributed by atoms with van der Waals surface area (Å²) in [6, 6.07) is 6.99. The van der Waals surface area contributed by atoms with Gasteiger partial charge in [0.15, 0.2) is 0 Å². The molecule has 2 unspecified atom stereocenters. The number of nitrogens with one attached hydrogen (secondary N) is 1. The summed E-state index contributed by atoms with van der Waals surface area (Å²) in [5.74, 6) is -0.749. The van der Waals surface area contributed by atoms with Crippen molar-refractivity contribution in [2.45, 2.75) is 17.5 Å². The molecule has 2 heterocycles. The highest BCUT2D eigenvalue weighted by atomic mass is 32.2. The number of fused-ring (bicyclic) bond motifs is 1. The van der Waals surface area contributed by atoms with Gasteiger partial charge in [-0.25, -0.2) is 0 Å². The summed E-state index contributed by atoms with van der Waals surface area (Å²) in [5.41, 5.74) is 6.66. The normalized spacial score (nSPS) is 24.4. The van der Waals surface area contributed by atoms with Crippen molar-refractivity contribution < 1.29 is 24.2 Å². The van der Waals surface area contributed by atoms with E-state index >= 15 is 0 Å². The molecule has 0 spiro atoms. The molecule has 4 atom stereocenters. The van der Waals surface area contributed by atoms with E-state index < -0.39 is 43.9 Å². The lowest BCUT2D eigenvalue weighted by molar-refractivity contribution is -0.166. The van der Waals surface area contributed by atoms with Gasteiger partial charge in [0, 0.05) is 11.3 Å². The Kier molecular flexibility index (Phi) is 5.21. The van der Waals surface area contributed by atoms with E-state index in [2.05, 4.69) is 5.32 Å². The van der Waals surface area contributed by atoms with E-state index in [1.165, 1.54) is 11.8 Å². The molecule has 132 valence electrons. The van der Waals surface area contributed by atoms with E-state index in [-0.39, 0.29) is 16.8 Å². The molecule has 8 nitrogen and oxygen atoms in total. The summed E-state index contributed by atoms with van der Waals surface area (Å²) in [4.78, 5) is 37.2. The number of β-lactam (4-membered cyclic amide) rings is 1. The Morgan fingerprint density at radius 3 is 2.76 bits per heavy atom. The Morgan fingerprint density at radius 1 is 1.48 bits per heavy atom. The number of nitrogens with two attached hydrogens (primary N) is 1. The number of hydrogen-bond acceptors (Lipinski definition) is 7. The molecule has 10 heteroatoms. The Hall–Kier alpha value is -1.77. The second-order valence-electron chi connectivity index (χ2n) is 5.63. The first-order valence-electron chi connectivity index (χ1n) is 7.48. The van der Waals surface area contributed by atoms with Crippen molar-refractivity contribution in [3.05, 3.63) is 46.9 Å². The number of carbonyl (C=O) groups is 2. The van der Waals surface area contributed by atoms with Crippen LogP contribution in [0.1, 0.15) is 11.6 Å². The minimum Gasteiger partial charge on any atom is -0.590 e. The maximum atomic E-state index is 12.3. The largest absolute Gasteiger partial charge is 0.590 e. The van der Waals surface area contributed by atoms with Crippen molar-refractivity contribution in [3.63, 3.8) is 0 Å². The Labute approximate surface area is 148 Å². The van der Waals surface area contributed by atoms with Crippen LogP contribution in [-0.4, -0.2) is 45.6 Å².